The predicted octanol–water partition coefficient (Wildman–Crippen LogP) is 0.710. The summed E-state index contributed by atoms with van der Waals surface area (Å²) in [5.74, 6) is 0.634. The molecule has 5 nitrogen and oxygen atoms in total. The standard InChI is InChI=1S/C9H13IN2O3/c1-14-4-3-7-11-6(5-15-2)8(10)9(13)12-7/h3-5H2,1-2H3,(H,11,12,13). The molecule has 0 unspecified atom stereocenters. The molecule has 1 aromatic heterocycles. The van der Waals surface area contributed by atoms with Crippen molar-refractivity contribution >= 4 is 22.6 Å². The van der Waals surface area contributed by atoms with Gasteiger partial charge in [0, 0.05) is 20.6 Å². The lowest BCUT2D eigenvalue weighted by Crippen LogP contribution is -2.19. The van der Waals surface area contributed by atoms with Crippen LogP contribution in [0.5, 0.6) is 0 Å². The summed E-state index contributed by atoms with van der Waals surface area (Å²) in [4.78, 5) is 18.5. The average molecular weight is 324 g/mol. The van der Waals surface area contributed by atoms with Crippen molar-refractivity contribution < 1.29 is 9.47 Å². The molecule has 0 aliphatic rings. The second-order valence-electron chi connectivity index (χ2n) is 2.95. The Balaban J connectivity index is 2.95. The Morgan fingerprint density at radius 1 is 1.40 bits per heavy atom. The molecule has 15 heavy (non-hydrogen) atoms. The van der Waals surface area contributed by atoms with Crippen LogP contribution in [0.1, 0.15) is 11.5 Å². The zero-order valence-electron chi connectivity index (χ0n) is 8.67. The Kier molecular flexibility index (Phi) is 5.20. The molecule has 84 valence electrons. The van der Waals surface area contributed by atoms with Gasteiger partial charge in [0.25, 0.3) is 5.56 Å². The van der Waals surface area contributed by atoms with Crippen molar-refractivity contribution in [2.24, 2.45) is 0 Å². The number of aromatic nitrogens is 2. The molecular formula is C9H13IN2O3. The van der Waals surface area contributed by atoms with E-state index in [-0.39, 0.29) is 5.56 Å². The van der Waals surface area contributed by atoms with Crippen molar-refractivity contribution in [2.45, 2.75) is 13.0 Å². The molecule has 0 atom stereocenters. The van der Waals surface area contributed by atoms with Crippen LogP contribution in [0.15, 0.2) is 4.79 Å². The van der Waals surface area contributed by atoms with Crippen LogP contribution in [0.3, 0.4) is 0 Å². The Morgan fingerprint density at radius 2 is 2.13 bits per heavy atom. The van der Waals surface area contributed by atoms with Gasteiger partial charge in [-0.05, 0) is 22.6 Å². The van der Waals surface area contributed by atoms with Gasteiger partial charge in [-0.15, -0.1) is 0 Å². The third-order valence-electron chi connectivity index (χ3n) is 1.80. The van der Waals surface area contributed by atoms with E-state index in [2.05, 4.69) is 9.97 Å². The smallest absolute Gasteiger partial charge is 0.264 e. The van der Waals surface area contributed by atoms with Crippen molar-refractivity contribution in [1.82, 2.24) is 9.97 Å². The zero-order valence-corrected chi connectivity index (χ0v) is 10.8. The van der Waals surface area contributed by atoms with Crippen LogP contribution in [0.4, 0.5) is 0 Å². The van der Waals surface area contributed by atoms with E-state index in [1.54, 1.807) is 14.2 Å². The Labute approximate surface area is 101 Å². The van der Waals surface area contributed by atoms with Crippen LogP contribution in [-0.2, 0) is 22.5 Å². The molecule has 0 amide bonds. The highest BCUT2D eigenvalue weighted by atomic mass is 127. The number of hydrogen-bond acceptors (Lipinski definition) is 4. The molecule has 0 radical (unpaired) electrons. The van der Waals surface area contributed by atoms with E-state index in [1.165, 1.54) is 0 Å². The Hall–Kier alpha value is -0.470. The summed E-state index contributed by atoms with van der Waals surface area (Å²) in [6.07, 6.45) is 0.597. The monoisotopic (exact) mass is 324 g/mol. The van der Waals surface area contributed by atoms with E-state index in [9.17, 15) is 4.79 Å². The van der Waals surface area contributed by atoms with Gasteiger partial charge in [0.2, 0.25) is 0 Å². The van der Waals surface area contributed by atoms with E-state index in [0.29, 0.717) is 34.7 Å². The number of halogens is 1. The van der Waals surface area contributed by atoms with Crippen LogP contribution in [0.2, 0.25) is 0 Å². The van der Waals surface area contributed by atoms with Crippen LogP contribution < -0.4 is 5.56 Å². The van der Waals surface area contributed by atoms with Gasteiger partial charge in [-0.3, -0.25) is 4.79 Å². The number of nitrogens with zero attached hydrogens (tertiary/aromatic N) is 1. The lowest BCUT2D eigenvalue weighted by Gasteiger charge is -2.05. The fraction of sp³-hybridized carbons (Fsp3) is 0.556. The second kappa shape index (κ2) is 6.19. The van der Waals surface area contributed by atoms with Crippen molar-refractivity contribution in [3.8, 4) is 0 Å². The van der Waals surface area contributed by atoms with Crippen LogP contribution >= 0.6 is 22.6 Å². The van der Waals surface area contributed by atoms with E-state index < -0.39 is 0 Å². The molecule has 0 saturated heterocycles. The second-order valence-corrected chi connectivity index (χ2v) is 4.03. The first-order valence-electron chi connectivity index (χ1n) is 4.44. The van der Waals surface area contributed by atoms with Gasteiger partial charge in [0.1, 0.15) is 9.39 Å². The molecular weight excluding hydrogens is 311 g/mol. The highest BCUT2D eigenvalue weighted by molar-refractivity contribution is 14.1. The van der Waals surface area contributed by atoms with Gasteiger partial charge >= 0.3 is 0 Å². The predicted molar refractivity (Wildman–Crippen MR) is 63.9 cm³/mol. The van der Waals surface area contributed by atoms with Gasteiger partial charge in [0.05, 0.1) is 18.9 Å². The first kappa shape index (κ1) is 12.6. The van der Waals surface area contributed by atoms with Crippen LogP contribution in [0.25, 0.3) is 0 Å². The quantitative estimate of drug-likeness (QED) is 0.811. The highest BCUT2D eigenvalue weighted by Crippen LogP contribution is 2.05. The molecule has 0 fully saturated rings. The van der Waals surface area contributed by atoms with Crippen molar-refractivity contribution in [1.29, 1.82) is 0 Å². The summed E-state index contributed by atoms with van der Waals surface area (Å²) in [6.45, 7) is 0.887. The molecule has 0 spiro atoms. The minimum Gasteiger partial charge on any atom is -0.384 e. The third-order valence-corrected chi connectivity index (χ3v) is 2.92. The number of methoxy groups -OCH3 is 2. The van der Waals surface area contributed by atoms with E-state index in [4.69, 9.17) is 9.47 Å². The maximum atomic E-state index is 11.5. The number of nitrogens with one attached hydrogen (secondary N) is 1. The molecule has 0 aromatic carbocycles. The van der Waals surface area contributed by atoms with Crippen molar-refractivity contribution in [2.75, 3.05) is 20.8 Å². The molecule has 1 aromatic rings. The normalized spacial score (nSPS) is 10.6. The van der Waals surface area contributed by atoms with Crippen molar-refractivity contribution in [3.05, 3.63) is 25.4 Å². The van der Waals surface area contributed by atoms with Gasteiger partial charge in [-0.1, -0.05) is 0 Å². The summed E-state index contributed by atoms with van der Waals surface area (Å²) in [5, 5.41) is 0. The molecule has 1 N–H and O–H groups in total. The lowest BCUT2D eigenvalue weighted by atomic mass is 10.3. The highest BCUT2D eigenvalue weighted by Gasteiger charge is 2.08. The molecule has 0 aliphatic heterocycles. The summed E-state index contributed by atoms with van der Waals surface area (Å²) in [6, 6.07) is 0. The molecule has 6 heteroatoms. The van der Waals surface area contributed by atoms with Gasteiger partial charge in [-0.25, -0.2) is 4.98 Å². The van der Waals surface area contributed by atoms with Gasteiger partial charge in [0.15, 0.2) is 0 Å². The van der Waals surface area contributed by atoms with E-state index in [1.807, 2.05) is 22.6 Å². The zero-order chi connectivity index (χ0) is 11.3. The van der Waals surface area contributed by atoms with E-state index in [0.717, 1.165) is 0 Å². The Bertz CT molecular complexity index is 378. The first-order chi connectivity index (χ1) is 7.19. The van der Waals surface area contributed by atoms with Gasteiger partial charge < -0.3 is 14.5 Å². The fourth-order valence-corrected chi connectivity index (χ4v) is 1.52. The average Bonchev–Trinajstić information content (AvgIpc) is 2.22. The maximum Gasteiger partial charge on any atom is 0.264 e. The van der Waals surface area contributed by atoms with Crippen LogP contribution in [0, 0.1) is 3.57 Å². The van der Waals surface area contributed by atoms with E-state index >= 15 is 0 Å². The van der Waals surface area contributed by atoms with Crippen LogP contribution in [-0.4, -0.2) is 30.8 Å². The number of hydrogen-bond donors (Lipinski definition) is 1. The first-order valence-corrected chi connectivity index (χ1v) is 5.52. The van der Waals surface area contributed by atoms with Crippen molar-refractivity contribution in [3.63, 3.8) is 0 Å². The Morgan fingerprint density at radius 3 is 2.73 bits per heavy atom. The molecule has 0 aliphatic carbocycles. The number of aromatic amines is 1. The fourth-order valence-electron chi connectivity index (χ4n) is 1.11. The number of H-pyrrole nitrogens is 1. The minimum atomic E-state index is -0.122. The molecule has 0 bridgehead atoms. The third kappa shape index (κ3) is 3.54. The number of rotatable bonds is 5. The number of ether oxygens (including phenoxy) is 2. The minimum absolute atomic E-state index is 0.122. The summed E-state index contributed by atoms with van der Waals surface area (Å²) >= 11 is 1.97. The molecule has 0 saturated carbocycles. The molecule has 1 rings (SSSR count). The largest absolute Gasteiger partial charge is 0.384 e. The summed E-state index contributed by atoms with van der Waals surface area (Å²) < 4.78 is 10.5. The summed E-state index contributed by atoms with van der Waals surface area (Å²) in [5.41, 5.74) is 0.553. The lowest BCUT2D eigenvalue weighted by molar-refractivity contribution is 0.179. The topological polar surface area (TPSA) is 64.2 Å². The van der Waals surface area contributed by atoms with Gasteiger partial charge in [-0.2, -0.15) is 0 Å². The molecule has 1 heterocycles. The SMILES string of the molecule is COCCc1nc(COC)c(I)c(=O)[nH]1. The summed E-state index contributed by atoms with van der Waals surface area (Å²) in [7, 11) is 3.19. The maximum absolute atomic E-state index is 11.5.